The number of fused-ring (bicyclic) bond motifs is 1. The number of hydrogen-bond acceptors (Lipinski definition) is 3. The Labute approximate surface area is 167 Å². The van der Waals surface area contributed by atoms with Crippen LogP contribution in [0.3, 0.4) is 0 Å². The molecule has 3 heterocycles. The van der Waals surface area contributed by atoms with Gasteiger partial charge in [-0.1, -0.05) is 23.7 Å². The normalized spacial score (nSPS) is 16.9. The number of carbonyl (C=O) groups is 1. The predicted molar refractivity (Wildman–Crippen MR) is 111 cm³/mol. The van der Waals surface area contributed by atoms with Crippen LogP contribution in [0.4, 0.5) is 10.5 Å². The molecule has 3 aromatic rings. The summed E-state index contributed by atoms with van der Waals surface area (Å²) in [5.74, 6) is 0.627. The van der Waals surface area contributed by atoms with Crippen LogP contribution in [0.15, 0.2) is 42.9 Å². The summed E-state index contributed by atoms with van der Waals surface area (Å²) < 4.78 is 0. The molecule has 7 heteroatoms. The summed E-state index contributed by atoms with van der Waals surface area (Å²) in [7, 11) is 0. The average Bonchev–Trinajstić information content (AvgIpc) is 3.46. The van der Waals surface area contributed by atoms with Gasteiger partial charge in [-0.05, 0) is 54.5 Å². The van der Waals surface area contributed by atoms with Gasteiger partial charge in [0.2, 0.25) is 0 Å². The predicted octanol–water partition coefficient (Wildman–Crippen LogP) is 4.81. The minimum absolute atomic E-state index is 0.120. The Morgan fingerprint density at radius 3 is 2.93 bits per heavy atom. The van der Waals surface area contributed by atoms with E-state index in [-0.39, 0.29) is 6.03 Å². The zero-order valence-electron chi connectivity index (χ0n) is 15.3. The summed E-state index contributed by atoms with van der Waals surface area (Å²) in [6.45, 7) is 1.20. The monoisotopic (exact) mass is 393 g/mol. The molecule has 2 N–H and O–H groups in total. The van der Waals surface area contributed by atoms with Crippen molar-refractivity contribution >= 4 is 39.9 Å². The number of anilines is 1. The number of urea groups is 1. The zero-order valence-corrected chi connectivity index (χ0v) is 16.0. The van der Waals surface area contributed by atoms with Gasteiger partial charge in [-0.3, -0.25) is 0 Å². The molecule has 6 nitrogen and oxygen atoms in total. The largest absolute Gasteiger partial charge is 0.346 e. The highest BCUT2D eigenvalue weighted by atomic mass is 35.5. The van der Waals surface area contributed by atoms with Gasteiger partial charge >= 0.3 is 6.03 Å². The summed E-state index contributed by atoms with van der Waals surface area (Å²) in [6.07, 6.45) is 9.03. The molecule has 1 aromatic carbocycles. The van der Waals surface area contributed by atoms with Gasteiger partial charge in [-0.15, -0.1) is 0 Å². The van der Waals surface area contributed by atoms with Crippen LogP contribution in [0, 0.1) is 0 Å². The molecule has 0 atom stereocenters. The number of halogens is 1. The lowest BCUT2D eigenvalue weighted by Crippen LogP contribution is -2.37. The standard InChI is InChI=1S/C21H20ClN5O/c22-15-2-1-3-16(10-15)26-21(28)27-8-6-14(7-9-27)19-18-17(13-4-5-13)11-23-20(18)25-12-24-19/h1-3,6,10-13H,4-5,7-9H2,(H,26,28)(H,23,24,25). The van der Waals surface area contributed by atoms with Crippen molar-refractivity contribution in [3.8, 4) is 0 Å². The minimum Gasteiger partial charge on any atom is -0.346 e. The third-order valence-corrected chi connectivity index (χ3v) is 5.63. The molecule has 1 fully saturated rings. The van der Waals surface area contributed by atoms with Crippen molar-refractivity contribution in [2.45, 2.75) is 25.2 Å². The fourth-order valence-electron chi connectivity index (χ4n) is 3.78. The number of rotatable bonds is 3. The molecule has 28 heavy (non-hydrogen) atoms. The molecule has 0 bridgehead atoms. The number of nitrogens with zero attached hydrogens (tertiary/aromatic N) is 3. The van der Waals surface area contributed by atoms with E-state index in [1.54, 1.807) is 23.4 Å². The first-order chi connectivity index (χ1) is 13.7. The van der Waals surface area contributed by atoms with E-state index in [0.29, 0.717) is 29.7 Å². The van der Waals surface area contributed by atoms with Gasteiger partial charge in [-0.25, -0.2) is 14.8 Å². The third kappa shape index (κ3) is 3.24. The second-order valence-electron chi connectivity index (χ2n) is 7.33. The Balaban J connectivity index is 1.35. The van der Waals surface area contributed by atoms with E-state index in [1.807, 2.05) is 12.1 Å². The average molecular weight is 394 g/mol. The maximum absolute atomic E-state index is 12.6. The second-order valence-corrected chi connectivity index (χ2v) is 7.77. The first-order valence-corrected chi connectivity index (χ1v) is 9.90. The van der Waals surface area contributed by atoms with Crippen molar-refractivity contribution < 1.29 is 4.79 Å². The Bertz CT molecular complexity index is 1090. The number of aromatic nitrogens is 3. The lowest BCUT2D eigenvalue weighted by atomic mass is 9.99. The molecular weight excluding hydrogens is 374 g/mol. The molecular formula is C21H20ClN5O. The third-order valence-electron chi connectivity index (χ3n) is 5.39. The van der Waals surface area contributed by atoms with Crippen LogP contribution in [-0.4, -0.2) is 39.0 Å². The highest BCUT2D eigenvalue weighted by Crippen LogP contribution is 2.44. The fraction of sp³-hybridized carbons (Fsp3) is 0.286. The lowest BCUT2D eigenvalue weighted by molar-refractivity contribution is 0.217. The molecule has 5 rings (SSSR count). The van der Waals surface area contributed by atoms with E-state index in [1.165, 1.54) is 24.0 Å². The number of H-pyrrole nitrogens is 1. The van der Waals surface area contributed by atoms with E-state index in [4.69, 9.17) is 11.6 Å². The second kappa shape index (κ2) is 6.95. The molecule has 1 aliphatic carbocycles. The van der Waals surface area contributed by atoms with Crippen molar-refractivity contribution in [1.29, 1.82) is 0 Å². The highest BCUT2D eigenvalue weighted by Gasteiger charge is 2.29. The van der Waals surface area contributed by atoms with Crippen molar-refractivity contribution in [2.75, 3.05) is 18.4 Å². The first kappa shape index (κ1) is 17.3. The fourth-order valence-corrected chi connectivity index (χ4v) is 3.97. The number of nitrogens with one attached hydrogen (secondary N) is 2. The van der Waals surface area contributed by atoms with Crippen molar-refractivity contribution in [2.24, 2.45) is 0 Å². The summed E-state index contributed by atoms with van der Waals surface area (Å²) in [5, 5.41) is 4.66. The Morgan fingerprint density at radius 2 is 2.18 bits per heavy atom. The van der Waals surface area contributed by atoms with E-state index in [9.17, 15) is 4.79 Å². The molecule has 0 saturated heterocycles. The van der Waals surface area contributed by atoms with Gasteiger partial charge in [0.05, 0.1) is 5.69 Å². The first-order valence-electron chi connectivity index (χ1n) is 9.52. The summed E-state index contributed by atoms with van der Waals surface area (Å²) in [5.41, 5.74) is 5.11. The van der Waals surface area contributed by atoms with Gasteiger partial charge in [0.25, 0.3) is 0 Å². The quantitative estimate of drug-likeness (QED) is 0.670. The van der Waals surface area contributed by atoms with Crippen LogP contribution in [0.2, 0.25) is 5.02 Å². The molecule has 1 aliphatic heterocycles. The lowest BCUT2D eigenvalue weighted by Gasteiger charge is -2.26. The van der Waals surface area contributed by atoms with Crippen LogP contribution in [-0.2, 0) is 0 Å². The van der Waals surface area contributed by atoms with E-state index < -0.39 is 0 Å². The van der Waals surface area contributed by atoms with Crippen LogP contribution in [0.25, 0.3) is 16.6 Å². The SMILES string of the molecule is O=C(Nc1cccc(Cl)c1)N1CC=C(c2ncnc3[nH]cc(C4CC4)c23)CC1. The number of carbonyl (C=O) groups excluding carboxylic acids is 1. The van der Waals surface area contributed by atoms with Crippen LogP contribution in [0.5, 0.6) is 0 Å². The summed E-state index contributed by atoms with van der Waals surface area (Å²) in [6, 6.07) is 7.06. The maximum Gasteiger partial charge on any atom is 0.322 e. The van der Waals surface area contributed by atoms with Gasteiger partial charge in [0, 0.05) is 35.4 Å². The molecule has 0 radical (unpaired) electrons. The number of aromatic amines is 1. The number of benzene rings is 1. The van der Waals surface area contributed by atoms with E-state index >= 15 is 0 Å². The van der Waals surface area contributed by atoms with Gasteiger partial charge in [0.15, 0.2) is 0 Å². The van der Waals surface area contributed by atoms with Crippen molar-refractivity contribution in [3.05, 3.63) is 59.1 Å². The molecule has 1 saturated carbocycles. The Hall–Kier alpha value is -2.86. The summed E-state index contributed by atoms with van der Waals surface area (Å²) >= 11 is 5.99. The zero-order chi connectivity index (χ0) is 19.1. The number of hydrogen-bond donors (Lipinski definition) is 2. The molecule has 0 spiro atoms. The smallest absolute Gasteiger partial charge is 0.322 e. The number of amides is 2. The van der Waals surface area contributed by atoms with Crippen LogP contribution in [0.1, 0.15) is 36.4 Å². The maximum atomic E-state index is 12.6. The van der Waals surface area contributed by atoms with Crippen LogP contribution < -0.4 is 5.32 Å². The van der Waals surface area contributed by atoms with Gasteiger partial charge in [0.1, 0.15) is 12.0 Å². The van der Waals surface area contributed by atoms with Crippen LogP contribution >= 0.6 is 11.6 Å². The molecule has 0 unspecified atom stereocenters. The summed E-state index contributed by atoms with van der Waals surface area (Å²) in [4.78, 5) is 26.6. The molecule has 2 aromatic heterocycles. The van der Waals surface area contributed by atoms with E-state index in [2.05, 4.69) is 32.5 Å². The Kier molecular flexibility index (Phi) is 4.28. The highest BCUT2D eigenvalue weighted by molar-refractivity contribution is 6.30. The molecule has 142 valence electrons. The minimum atomic E-state index is -0.120. The van der Waals surface area contributed by atoms with Crippen molar-refractivity contribution in [3.63, 3.8) is 0 Å². The molecule has 2 amide bonds. The van der Waals surface area contributed by atoms with Crippen molar-refractivity contribution in [1.82, 2.24) is 19.9 Å². The van der Waals surface area contributed by atoms with E-state index in [0.717, 1.165) is 23.1 Å². The van der Waals surface area contributed by atoms with Gasteiger partial charge in [-0.2, -0.15) is 0 Å². The van der Waals surface area contributed by atoms with Gasteiger partial charge < -0.3 is 15.2 Å². The molecule has 2 aliphatic rings. The topological polar surface area (TPSA) is 73.9 Å². The Morgan fingerprint density at radius 1 is 1.29 bits per heavy atom.